The maximum absolute atomic E-state index is 12.7. The number of nitrogens with one attached hydrogen (secondary N) is 1. The number of pyridine rings is 1. The number of hydrogen-bond donors (Lipinski definition) is 1. The van der Waals surface area contributed by atoms with Crippen LogP contribution in [0, 0.1) is 18.3 Å². The average molecular weight is 309 g/mol. The van der Waals surface area contributed by atoms with Crippen LogP contribution in [0.3, 0.4) is 0 Å². The van der Waals surface area contributed by atoms with Gasteiger partial charge in [-0.25, -0.2) is 4.98 Å². The average Bonchev–Trinajstić information content (AvgIpc) is 3.10. The first-order chi connectivity index (χ1) is 10.3. The van der Waals surface area contributed by atoms with Crippen LogP contribution in [0.2, 0.25) is 0 Å². The van der Waals surface area contributed by atoms with Crippen molar-refractivity contribution in [1.29, 1.82) is 0 Å². The highest BCUT2D eigenvalue weighted by atomic mass is 19.4. The number of aromatic nitrogens is 2. The molecule has 1 saturated heterocycles. The van der Waals surface area contributed by atoms with E-state index in [1.54, 1.807) is 6.07 Å². The van der Waals surface area contributed by atoms with Crippen molar-refractivity contribution in [2.45, 2.75) is 19.5 Å². The molecule has 0 bridgehead atoms. The van der Waals surface area contributed by atoms with E-state index in [-0.39, 0.29) is 25.4 Å². The van der Waals surface area contributed by atoms with Gasteiger partial charge in [0.15, 0.2) is 0 Å². The lowest BCUT2D eigenvalue weighted by atomic mass is 9.92. The van der Waals surface area contributed by atoms with Crippen molar-refractivity contribution in [3.05, 3.63) is 29.6 Å². The number of hydrogen-bond acceptors (Lipinski definition) is 2. The van der Waals surface area contributed by atoms with Crippen molar-refractivity contribution < 1.29 is 18.0 Å². The van der Waals surface area contributed by atoms with E-state index >= 15 is 0 Å². The minimum Gasteiger partial charge on any atom is -0.346 e. The Bertz CT molecular complexity index is 774. The summed E-state index contributed by atoms with van der Waals surface area (Å²) in [5, 5.41) is 0.862. The van der Waals surface area contributed by atoms with Crippen LogP contribution in [-0.2, 0) is 0 Å². The largest absolute Gasteiger partial charge is 0.392 e. The second-order valence-corrected chi connectivity index (χ2v) is 6.41. The summed E-state index contributed by atoms with van der Waals surface area (Å²) in [5.74, 6) is -1.48. The second-order valence-electron chi connectivity index (χ2n) is 6.41. The monoisotopic (exact) mass is 309 g/mol. The molecule has 1 N–H and O–H groups in total. The van der Waals surface area contributed by atoms with E-state index in [1.165, 1.54) is 11.1 Å². The molecule has 7 heteroatoms. The summed E-state index contributed by atoms with van der Waals surface area (Å²) in [7, 11) is 0. The molecular weight excluding hydrogens is 295 g/mol. The van der Waals surface area contributed by atoms with Crippen molar-refractivity contribution in [3.63, 3.8) is 0 Å². The number of aryl methyl sites for hydroxylation is 1. The van der Waals surface area contributed by atoms with Crippen molar-refractivity contribution in [3.8, 4) is 0 Å². The number of nitrogens with zero attached hydrogens (tertiary/aromatic N) is 2. The normalized spacial score (nSPS) is 22.9. The zero-order valence-corrected chi connectivity index (χ0v) is 11.9. The van der Waals surface area contributed by atoms with Crippen LogP contribution >= 0.6 is 0 Å². The summed E-state index contributed by atoms with van der Waals surface area (Å²) >= 11 is 0. The molecule has 2 aromatic rings. The zero-order chi connectivity index (χ0) is 15.7. The predicted octanol–water partition coefficient (Wildman–Crippen LogP) is 2.90. The van der Waals surface area contributed by atoms with E-state index in [1.807, 2.05) is 13.1 Å². The summed E-state index contributed by atoms with van der Waals surface area (Å²) in [5.41, 5.74) is 1.40. The molecule has 22 heavy (non-hydrogen) atoms. The number of H-pyrrole nitrogens is 1. The number of rotatable bonds is 1. The first-order valence-corrected chi connectivity index (χ1v) is 7.10. The maximum Gasteiger partial charge on any atom is 0.392 e. The van der Waals surface area contributed by atoms with Crippen molar-refractivity contribution >= 4 is 16.9 Å². The number of halogens is 3. The van der Waals surface area contributed by atoms with E-state index in [0.29, 0.717) is 11.2 Å². The third-order valence-corrected chi connectivity index (χ3v) is 4.87. The quantitative estimate of drug-likeness (QED) is 0.880. The number of carbonyl (C=O) groups is 1. The van der Waals surface area contributed by atoms with E-state index < -0.39 is 17.5 Å². The molecule has 1 aliphatic carbocycles. The van der Waals surface area contributed by atoms with Gasteiger partial charge in [-0.05, 0) is 25.0 Å². The van der Waals surface area contributed by atoms with Crippen LogP contribution in [-0.4, -0.2) is 40.0 Å². The molecule has 2 aromatic heterocycles. The number of likely N-dealkylation sites (tertiary alicyclic amines) is 1. The van der Waals surface area contributed by atoms with Gasteiger partial charge in [-0.15, -0.1) is 0 Å². The zero-order valence-electron chi connectivity index (χ0n) is 11.9. The fourth-order valence-corrected chi connectivity index (χ4v) is 3.45. The molecule has 2 aliphatic rings. The van der Waals surface area contributed by atoms with E-state index in [4.69, 9.17) is 0 Å². The number of aromatic amines is 1. The Kier molecular flexibility index (Phi) is 2.49. The lowest BCUT2D eigenvalue weighted by molar-refractivity contribution is -0.163. The minimum absolute atomic E-state index is 0.147. The van der Waals surface area contributed by atoms with Gasteiger partial charge in [-0.3, -0.25) is 4.79 Å². The number of amides is 1. The first-order valence-electron chi connectivity index (χ1n) is 7.10. The summed E-state index contributed by atoms with van der Waals surface area (Å²) in [6.07, 6.45) is -0.714. The maximum atomic E-state index is 12.7. The van der Waals surface area contributed by atoms with Crippen LogP contribution in [0.5, 0.6) is 0 Å². The smallest absolute Gasteiger partial charge is 0.346 e. The Morgan fingerprint density at radius 2 is 2.18 bits per heavy atom. The third kappa shape index (κ3) is 1.84. The molecule has 1 aliphatic heterocycles. The number of alkyl halides is 3. The highest BCUT2D eigenvalue weighted by Crippen LogP contribution is 2.64. The minimum atomic E-state index is -4.14. The van der Waals surface area contributed by atoms with E-state index in [2.05, 4.69) is 9.97 Å². The molecule has 1 amide bonds. The van der Waals surface area contributed by atoms with Gasteiger partial charge in [-0.1, -0.05) is 0 Å². The van der Waals surface area contributed by atoms with E-state index in [9.17, 15) is 18.0 Å². The predicted molar refractivity (Wildman–Crippen MR) is 73.3 cm³/mol. The Hall–Kier alpha value is -2.05. The molecule has 0 radical (unpaired) electrons. The SMILES string of the molecule is Cc1c[nH]c2ncc(C(=O)N3CC4(CC4C(F)(F)F)C3)cc12. The van der Waals surface area contributed by atoms with Crippen molar-refractivity contribution in [2.75, 3.05) is 13.1 Å². The molecule has 2 fully saturated rings. The van der Waals surface area contributed by atoms with Crippen LogP contribution < -0.4 is 0 Å². The Balaban J connectivity index is 1.50. The lowest BCUT2D eigenvalue weighted by Gasteiger charge is -2.41. The highest BCUT2D eigenvalue weighted by Gasteiger charge is 2.71. The molecular formula is C15H14F3N3O. The van der Waals surface area contributed by atoms with Crippen molar-refractivity contribution in [2.24, 2.45) is 11.3 Å². The standard InChI is InChI=1S/C15H14F3N3O/c1-8-4-19-12-10(8)2-9(5-20-12)13(22)21-6-14(7-21)3-11(14)15(16,17)18/h2,4-5,11H,3,6-7H2,1H3,(H,19,20). The Morgan fingerprint density at radius 1 is 1.45 bits per heavy atom. The Labute approximate surface area is 124 Å². The molecule has 4 rings (SSSR count). The van der Waals surface area contributed by atoms with Gasteiger partial charge in [0.25, 0.3) is 5.91 Å². The summed E-state index contributed by atoms with van der Waals surface area (Å²) < 4.78 is 38.0. The van der Waals surface area contributed by atoms with Gasteiger partial charge < -0.3 is 9.88 Å². The molecule has 3 heterocycles. The van der Waals surface area contributed by atoms with Crippen LogP contribution in [0.15, 0.2) is 18.5 Å². The van der Waals surface area contributed by atoms with Gasteiger partial charge in [0.2, 0.25) is 0 Å². The summed E-state index contributed by atoms with van der Waals surface area (Å²) in [6, 6.07) is 1.75. The lowest BCUT2D eigenvalue weighted by Crippen LogP contribution is -2.53. The summed E-state index contributed by atoms with van der Waals surface area (Å²) in [4.78, 5) is 21.0. The third-order valence-electron chi connectivity index (χ3n) is 4.87. The molecule has 1 unspecified atom stereocenters. The van der Waals surface area contributed by atoms with E-state index in [0.717, 1.165) is 10.9 Å². The Morgan fingerprint density at radius 3 is 2.82 bits per heavy atom. The molecule has 0 aromatic carbocycles. The van der Waals surface area contributed by atoms with Crippen LogP contribution in [0.25, 0.3) is 11.0 Å². The van der Waals surface area contributed by atoms with Gasteiger partial charge in [-0.2, -0.15) is 13.2 Å². The topological polar surface area (TPSA) is 49.0 Å². The van der Waals surface area contributed by atoms with Crippen molar-refractivity contribution in [1.82, 2.24) is 14.9 Å². The van der Waals surface area contributed by atoms with Gasteiger partial charge in [0, 0.05) is 36.3 Å². The first kappa shape index (κ1) is 13.6. The van der Waals surface area contributed by atoms with Crippen LogP contribution in [0.1, 0.15) is 22.3 Å². The number of carbonyl (C=O) groups excluding carboxylic acids is 1. The molecule has 4 nitrogen and oxygen atoms in total. The number of fused-ring (bicyclic) bond motifs is 1. The molecule has 1 atom stereocenters. The summed E-state index contributed by atoms with van der Waals surface area (Å²) in [6.45, 7) is 2.30. The van der Waals surface area contributed by atoms with Gasteiger partial charge >= 0.3 is 6.18 Å². The van der Waals surface area contributed by atoms with Gasteiger partial charge in [0.05, 0.1) is 11.5 Å². The fraction of sp³-hybridized carbons (Fsp3) is 0.467. The molecule has 1 spiro atoms. The highest BCUT2D eigenvalue weighted by molar-refractivity contribution is 5.98. The fourth-order valence-electron chi connectivity index (χ4n) is 3.45. The second kappa shape index (κ2) is 4.02. The van der Waals surface area contributed by atoms with Gasteiger partial charge in [0.1, 0.15) is 5.65 Å². The molecule has 1 saturated carbocycles. The van der Waals surface area contributed by atoms with Crippen LogP contribution in [0.4, 0.5) is 13.2 Å². The molecule has 116 valence electrons.